The number of hydrogen-bond donors (Lipinski definition) is 2. The second-order valence-electron chi connectivity index (χ2n) is 6.06. The molecular formula is C18H15BrFN5OS. The van der Waals surface area contributed by atoms with Gasteiger partial charge in [-0.05, 0) is 48.9 Å². The number of aromatic nitrogens is 3. The number of halogens is 2. The lowest BCUT2D eigenvalue weighted by Crippen LogP contribution is -2.41. The van der Waals surface area contributed by atoms with E-state index in [4.69, 9.17) is 0 Å². The van der Waals surface area contributed by atoms with Gasteiger partial charge in [0.1, 0.15) is 16.9 Å². The topological polar surface area (TPSA) is 71.8 Å². The van der Waals surface area contributed by atoms with Crippen LogP contribution in [0.3, 0.4) is 0 Å². The molecule has 1 aromatic heterocycles. The Bertz CT molecular complexity index is 976. The molecule has 0 radical (unpaired) electrons. The van der Waals surface area contributed by atoms with Gasteiger partial charge in [-0.25, -0.2) is 9.07 Å². The molecule has 0 aliphatic carbocycles. The third kappa shape index (κ3) is 3.70. The molecule has 2 atom stereocenters. The van der Waals surface area contributed by atoms with E-state index in [9.17, 15) is 9.18 Å². The number of benzene rings is 2. The highest BCUT2D eigenvalue weighted by Crippen LogP contribution is 2.37. The Morgan fingerprint density at radius 3 is 2.59 bits per heavy atom. The highest BCUT2D eigenvalue weighted by molar-refractivity contribution is 9.10. The highest BCUT2D eigenvalue weighted by atomic mass is 79.9. The van der Waals surface area contributed by atoms with Gasteiger partial charge in [0.2, 0.25) is 11.1 Å². The summed E-state index contributed by atoms with van der Waals surface area (Å²) in [5, 5.41) is 11.2. The number of rotatable bonds is 3. The Morgan fingerprint density at radius 2 is 1.89 bits per heavy atom. The first kappa shape index (κ1) is 18.0. The van der Waals surface area contributed by atoms with Crippen LogP contribution in [0.25, 0.3) is 0 Å². The minimum Gasteiger partial charge on any atom is -0.325 e. The van der Waals surface area contributed by atoms with Crippen LogP contribution >= 0.6 is 27.7 Å². The van der Waals surface area contributed by atoms with Crippen LogP contribution in [-0.4, -0.2) is 26.0 Å². The molecule has 2 heterocycles. The van der Waals surface area contributed by atoms with Crippen molar-refractivity contribution in [1.29, 1.82) is 0 Å². The van der Waals surface area contributed by atoms with Crippen molar-refractivity contribution in [3.63, 3.8) is 0 Å². The summed E-state index contributed by atoms with van der Waals surface area (Å²) in [7, 11) is 0. The maximum Gasteiger partial charge on any atom is 0.240 e. The predicted molar refractivity (Wildman–Crippen MR) is 106 cm³/mol. The number of fused-ring (bicyclic) bond motifs is 1. The van der Waals surface area contributed by atoms with Crippen molar-refractivity contribution < 1.29 is 9.18 Å². The largest absolute Gasteiger partial charge is 0.325 e. The van der Waals surface area contributed by atoms with Crippen LogP contribution in [0.4, 0.5) is 10.1 Å². The number of hydrogen-bond acceptors (Lipinski definition) is 5. The smallest absolute Gasteiger partial charge is 0.240 e. The van der Waals surface area contributed by atoms with E-state index in [2.05, 4.69) is 36.9 Å². The summed E-state index contributed by atoms with van der Waals surface area (Å²) in [5.74, 6) is 0.201. The van der Waals surface area contributed by atoms with Crippen molar-refractivity contribution in [1.82, 2.24) is 14.9 Å². The van der Waals surface area contributed by atoms with Gasteiger partial charge >= 0.3 is 0 Å². The van der Waals surface area contributed by atoms with Crippen molar-refractivity contribution >= 4 is 39.3 Å². The summed E-state index contributed by atoms with van der Waals surface area (Å²) in [4.78, 5) is 13.0. The number of carbonyl (C=O) groups is 1. The fraction of sp³-hybridized carbons (Fsp3) is 0.167. The predicted octanol–water partition coefficient (Wildman–Crippen LogP) is 3.89. The Balaban J connectivity index is 1.65. The molecule has 1 amide bonds. The quantitative estimate of drug-likeness (QED) is 0.637. The number of thioether (sulfide) groups is 1. The first-order valence-corrected chi connectivity index (χ1v) is 9.85. The van der Waals surface area contributed by atoms with Gasteiger partial charge in [-0.2, -0.15) is 0 Å². The van der Waals surface area contributed by atoms with Crippen LogP contribution < -0.4 is 10.7 Å². The Kier molecular flexibility index (Phi) is 4.88. The Hall–Kier alpha value is -2.39. The molecule has 1 aliphatic heterocycles. The molecule has 2 aromatic carbocycles. The summed E-state index contributed by atoms with van der Waals surface area (Å²) in [6, 6.07) is 13.1. The van der Waals surface area contributed by atoms with Gasteiger partial charge < -0.3 is 10.7 Å². The minimum absolute atomic E-state index is 0.170. The molecule has 3 aromatic rings. The second kappa shape index (κ2) is 7.32. The van der Waals surface area contributed by atoms with Crippen molar-refractivity contribution in [2.45, 2.75) is 23.4 Å². The number of amides is 1. The lowest BCUT2D eigenvalue weighted by atomic mass is 10.0. The van der Waals surface area contributed by atoms with Gasteiger partial charge in [0.15, 0.2) is 0 Å². The van der Waals surface area contributed by atoms with E-state index < -0.39 is 5.25 Å². The van der Waals surface area contributed by atoms with Gasteiger partial charge in [-0.15, -0.1) is 10.2 Å². The summed E-state index contributed by atoms with van der Waals surface area (Å²) in [6.45, 7) is 1.83. The van der Waals surface area contributed by atoms with Gasteiger partial charge in [-0.3, -0.25) is 4.79 Å². The highest BCUT2D eigenvalue weighted by Gasteiger charge is 2.37. The second-order valence-corrected chi connectivity index (χ2v) is 8.08. The van der Waals surface area contributed by atoms with Crippen LogP contribution in [0, 0.1) is 12.7 Å². The third-order valence-electron chi connectivity index (χ3n) is 4.20. The van der Waals surface area contributed by atoms with E-state index in [0.29, 0.717) is 16.7 Å². The maximum atomic E-state index is 13.3. The lowest BCUT2D eigenvalue weighted by molar-refractivity contribution is -0.116. The zero-order valence-corrected chi connectivity index (χ0v) is 16.6. The fourth-order valence-electron chi connectivity index (χ4n) is 2.83. The maximum absolute atomic E-state index is 13.3. The molecule has 1 aliphatic rings. The average molecular weight is 448 g/mol. The molecule has 0 unspecified atom stereocenters. The van der Waals surface area contributed by atoms with Crippen molar-refractivity contribution in [3.05, 3.63) is 70.2 Å². The van der Waals surface area contributed by atoms with Gasteiger partial charge in [0, 0.05) is 10.2 Å². The Morgan fingerprint density at radius 1 is 1.19 bits per heavy atom. The normalized spacial score (nSPS) is 18.5. The van der Waals surface area contributed by atoms with Crippen molar-refractivity contribution in [2.24, 2.45) is 0 Å². The number of aryl methyl sites for hydroxylation is 1. The summed E-state index contributed by atoms with van der Waals surface area (Å²) in [6.07, 6.45) is 0. The monoisotopic (exact) mass is 447 g/mol. The summed E-state index contributed by atoms with van der Waals surface area (Å²) >= 11 is 4.71. The van der Waals surface area contributed by atoms with Gasteiger partial charge in [-0.1, -0.05) is 39.8 Å². The van der Waals surface area contributed by atoms with Crippen LogP contribution in [0.2, 0.25) is 0 Å². The summed E-state index contributed by atoms with van der Waals surface area (Å²) < 4.78 is 16.0. The summed E-state index contributed by atoms with van der Waals surface area (Å²) in [5.41, 5.74) is 4.79. The molecule has 4 rings (SSSR count). The number of nitrogens with zero attached hydrogens (tertiary/aromatic N) is 3. The fourth-order valence-corrected chi connectivity index (χ4v) is 4.22. The molecule has 0 saturated heterocycles. The average Bonchev–Trinajstić information content (AvgIpc) is 3.03. The molecule has 0 spiro atoms. The van der Waals surface area contributed by atoms with Crippen LogP contribution in [-0.2, 0) is 4.79 Å². The Labute approximate surface area is 167 Å². The van der Waals surface area contributed by atoms with Crippen LogP contribution in [0.1, 0.15) is 17.4 Å². The van der Waals surface area contributed by atoms with Gasteiger partial charge in [0.05, 0.1) is 6.04 Å². The first-order valence-electron chi connectivity index (χ1n) is 8.18. The molecule has 0 bridgehead atoms. The van der Waals surface area contributed by atoms with Crippen LogP contribution in [0.15, 0.2) is 58.2 Å². The molecular weight excluding hydrogens is 433 g/mol. The number of anilines is 1. The van der Waals surface area contributed by atoms with E-state index in [1.165, 1.54) is 23.9 Å². The molecule has 0 saturated carbocycles. The minimum atomic E-state index is -0.504. The standard InChI is InChI=1S/C18H15BrFN5OS/c1-10-22-23-18-25(10)24-15(11-2-6-13(20)7-3-11)16(27-18)17(26)21-14-8-4-12(19)5-9-14/h2-9,15-16,24H,1H3,(H,21,26)/t15-,16+/m1/s1. The zero-order chi connectivity index (χ0) is 19.0. The SMILES string of the molecule is Cc1nnc2n1N[C@H](c1ccc(F)cc1)[C@@H](C(=O)Nc1ccc(Br)cc1)S2. The van der Waals surface area contributed by atoms with E-state index in [-0.39, 0.29) is 17.8 Å². The third-order valence-corrected chi connectivity index (χ3v) is 5.94. The first-order chi connectivity index (χ1) is 13.0. The van der Waals surface area contributed by atoms with Gasteiger partial charge in [0.25, 0.3) is 0 Å². The zero-order valence-electron chi connectivity index (χ0n) is 14.2. The molecule has 2 N–H and O–H groups in total. The lowest BCUT2D eigenvalue weighted by Gasteiger charge is -2.32. The van der Waals surface area contributed by atoms with Crippen molar-refractivity contribution in [3.8, 4) is 0 Å². The molecule has 27 heavy (non-hydrogen) atoms. The van der Waals surface area contributed by atoms with E-state index in [1.807, 2.05) is 31.2 Å². The molecule has 0 fully saturated rings. The number of carbonyl (C=O) groups excluding carboxylic acids is 1. The molecule has 138 valence electrons. The van der Waals surface area contributed by atoms with Crippen molar-refractivity contribution in [2.75, 3.05) is 10.7 Å². The van der Waals surface area contributed by atoms with E-state index >= 15 is 0 Å². The van der Waals surface area contributed by atoms with Crippen LogP contribution in [0.5, 0.6) is 0 Å². The van der Waals surface area contributed by atoms with E-state index in [1.54, 1.807) is 16.8 Å². The number of nitrogens with one attached hydrogen (secondary N) is 2. The molecule has 6 nitrogen and oxygen atoms in total. The molecule has 9 heteroatoms. The van der Waals surface area contributed by atoms with E-state index in [0.717, 1.165) is 10.0 Å².